The maximum atomic E-state index is 11.1. The van der Waals surface area contributed by atoms with Crippen LogP contribution in [0.5, 0.6) is 0 Å². The summed E-state index contributed by atoms with van der Waals surface area (Å²) in [6, 6.07) is 13.0. The number of likely N-dealkylation sites (N-methyl/N-ethyl adjacent to an activating group) is 1. The minimum Gasteiger partial charge on any atom is -0.370 e. The van der Waals surface area contributed by atoms with Gasteiger partial charge in [0.25, 0.3) is 10.1 Å². The number of hydrogen-bond acceptors (Lipinski definition) is 11. The van der Waals surface area contributed by atoms with Crippen molar-refractivity contribution in [2.24, 2.45) is 10.2 Å². The van der Waals surface area contributed by atoms with Gasteiger partial charge in [-0.2, -0.15) is 33.6 Å². The number of nitrogens with two attached hydrogens (primary N) is 2. The Morgan fingerprint density at radius 1 is 0.938 bits per heavy atom. The summed E-state index contributed by atoms with van der Waals surface area (Å²) in [4.78, 5) is 13.6. The molecule has 0 unspecified atom stereocenters. The van der Waals surface area contributed by atoms with E-state index in [-0.39, 0.29) is 16.8 Å². The van der Waals surface area contributed by atoms with E-state index in [1.165, 1.54) is 24.3 Å². The molecule has 12 nitrogen and oxygen atoms in total. The average Bonchev–Trinajstić information content (AvgIpc) is 2.75. The lowest BCUT2D eigenvalue weighted by molar-refractivity contribution is 0.483. The highest BCUT2D eigenvalue weighted by molar-refractivity contribution is 7.85. The van der Waals surface area contributed by atoms with Gasteiger partial charge in [-0.15, -0.1) is 0 Å². The smallest absolute Gasteiger partial charge is 0.294 e. The summed E-state index contributed by atoms with van der Waals surface area (Å²) >= 11 is 0. The molecule has 0 aliphatic heterocycles. The first-order valence-electron chi connectivity index (χ1n) is 9.60. The minimum absolute atomic E-state index is 0.0615. The molecule has 13 heteroatoms. The van der Waals surface area contributed by atoms with Gasteiger partial charge in [0, 0.05) is 25.3 Å². The lowest BCUT2D eigenvalue weighted by Gasteiger charge is -2.23. The molecule has 0 aliphatic carbocycles. The Hall–Kier alpha value is -3.84. The highest BCUT2D eigenvalue weighted by Gasteiger charge is 2.08. The first kappa shape index (κ1) is 22.8. The van der Waals surface area contributed by atoms with Crippen LogP contribution in [0.25, 0.3) is 0 Å². The third-order valence-corrected chi connectivity index (χ3v) is 5.21. The second-order valence-corrected chi connectivity index (χ2v) is 7.99. The van der Waals surface area contributed by atoms with E-state index in [1.54, 1.807) is 0 Å². The quantitative estimate of drug-likeness (QED) is 0.275. The molecule has 0 bridgehead atoms. The van der Waals surface area contributed by atoms with Crippen LogP contribution < -0.4 is 21.7 Å². The SMILES string of the molecule is CCN(CCNc1nc(N)nc(N)n1)c1ccc(/N=N/c2ccc(S(=O)(=O)O)cc2)cc1. The van der Waals surface area contributed by atoms with Crippen LogP contribution in [0.3, 0.4) is 0 Å². The Morgan fingerprint density at radius 3 is 1.97 bits per heavy atom. The van der Waals surface area contributed by atoms with Crippen LogP contribution in [0.2, 0.25) is 0 Å². The largest absolute Gasteiger partial charge is 0.370 e. The Kier molecular flexibility index (Phi) is 7.12. The van der Waals surface area contributed by atoms with E-state index in [0.717, 1.165) is 12.2 Å². The summed E-state index contributed by atoms with van der Waals surface area (Å²) < 4.78 is 31.2. The number of azo groups is 1. The van der Waals surface area contributed by atoms with Crippen molar-refractivity contribution >= 4 is 45.0 Å². The van der Waals surface area contributed by atoms with Crippen LogP contribution in [0, 0.1) is 0 Å². The zero-order chi connectivity index (χ0) is 23.1. The predicted molar refractivity (Wildman–Crippen MR) is 122 cm³/mol. The number of aromatic nitrogens is 3. The van der Waals surface area contributed by atoms with Crippen molar-refractivity contribution in [1.82, 2.24) is 15.0 Å². The zero-order valence-electron chi connectivity index (χ0n) is 17.3. The van der Waals surface area contributed by atoms with Crippen LogP contribution in [-0.2, 0) is 10.1 Å². The molecule has 0 fully saturated rings. The maximum absolute atomic E-state index is 11.1. The number of anilines is 4. The van der Waals surface area contributed by atoms with Crippen molar-refractivity contribution in [3.05, 3.63) is 48.5 Å². The van der Waals surface area contributed by atoms with Crippen molar-refractivity contribution in [3.8, 4) is 0 Å². The summed E-state index contributed by atoms with van der Waals surface area (Å²) in [5, 5.41) is 11.3. The summed E-state index contributed by atoms with van der Waals surface area (Å²) in [7, 11) is -4.23. The summed E-state index contributed by atoms with van der Waals surface area (Å²) in [6.45, 7) is 4.08. The molecule has 0 saturated heterocycles. The fourth-order valence-electron chi connectivity index (χ4n) is 2.79. The van der Waals surface area contributed by atoms with Crippen molar-refractivity contribution in [3.63, 3.8) is 0 Å². The number of benzene rings is 2. The molecule has 0 atom stereocenters. The third kappa shape index (κ3) is 6.33. The molecular weight excluding hydrogens is 434 g/mol. The summed E-state index contributed by atoms with van der Waals surface area (Å²) in [5.74, 6) is 0.449. The molecule has 3 rings (SSSR count). The van der Waals surface area contributed by atoms with Gasteiger partial charge in [0.2, 0.25) is 17.8 Å². The fourth-order valence-corrected chi connectivity index (χ4v) is 3.27. The van der Waals surface area contributed by atoms with Crippen molar-refractivity contribution in [1.29, 1.82) is 0 Å². The van der Waals surface area contributed by atoms with Gasteiger partial charge in [-0.25, -0.2) is 0 Å². The molecule has 0 aliphatic rings. The standard InChI is InChI=1S/C19H23N9O3S/c1-2-28(12-11-22-19-24-17(20)23-18(21)25-19)15-7-3-13(4-8-15)26-27-14-5-9-16(10-6-14)32(29,30)31/h3-10H,2,11-12H2,1H3,(H,29,30,31)(H5,20,21,22,23,24,25)/b27-26+. The van der Waals surface area contributed by atoms with Crippen LogP contribution in [0.4, 0.5) is 34.9 Å². The molecule has 32 heavy (non-hydrogen) atoms. The molecule has 3 aromatic rings. The lowest BCUT2D eigenvalue weighted by atomic mass is 10.2. The lowest BCUT2D eigenvalue weighted by Crippen LogP contribution is -2.29. The van der Waals surface area contributed by atoms with Gasteiger partial charge < -0.3 is 21.7 Å². The van der Waals surface area contributed by atoms with Crippen molar-refractivity contribution < 1.29 is 13.0 Å². The molecule has 168 valence electrons. The first-order chi connectivity index (χ1) is 15.2. The highest BCUT2D eigenvalue weighted by Crippen LogP contribution is 2.23. The second kappa shape index (κ2) is 9.98. The van der Waals surface area contributed by atoms with Crippen molar-refractivity contribution in [2.45, 2.75) is 11.8 Å². The minimum atomic E-state index is -4.23. The summed E-state index contributed by atoms with van der Waals surface area (Å²) in [5.41, 5.74) is 13.2. The molecule has 2 aromatic carbocycles. The molecular formula is C19H23N9O3S. The topological polar surface area (TPSA) is 185 Å². The number of nitrogens with one attached hydrogen (secondary N) is 1. The molecule has 1 heterocycles. The average molecular weight is 458 g/mol. The fraction of sp³-hybridized carbons (Fsp3) is 0.211. The number of hydrogen-bond donors (Lipinski definition) is 4. The third-order valence-electron chi connectivity index (χ3n) is 4.35. The van der Waals surface area contributed by atoms with Crippen LogP contribution in [-0.4, -0.2) is 47.6 Å². The first-order valence-corrected chi connectivity index (χ1v) is 11.0. The Bertz CT molecular complexity index is 1160. The number of nitrogens with zero attached hydrogens (tertiary/aromatic N) is 6. The van der Waals surface area contributed by atoms with Gasteiger partial charge in [-0.1, -0.05) is 0 Å². The van der Waals surface area contributed by atoms with Crippen LogP contribution in [0.1, 0.15) is 6.92 Å². The zero-order valence-corrected chi connectivity index (χ0v) is 18.1. The Morgan fingerprint density at radius 2 is 1.47 bits per heavy atom. The summed E-state index contributed by atoms with van der Waals surface area (Å²) in [6.07, 6.45) is 0. The van der Waals surface area contributed by atoms with E-state index in [4.69, 9.17) is 16.0 Å². The molecule has 0 amide bonds. The van der Waals surface area contributed by atoms with Crippen LogP contribution in [0.15, 0.2) is 63.7 Å². The van der Waals surface area contributed by atoms with E-state index in [1.807, 2.05) is 31.2 Å². The predicted octanol–water partition coefficient (Wildman–Crippen LogP) is 2.64. The van der Waals surface area contributed by atoms with E-state index in [0.29, 0.717) is 30.4 Å². The van der Waals surface area contributed by atoms with E-state index < -0.39 is 10.1 Å². The van der Waals surface area contributed by atoms with Gasteiger partial charge >= 0.3 is 0 Å². The Balaban J connectivity index is 1.58. The van der Waals surface area contributed by atoms with Gasteiger partial charge in [0.1, 0.15) is 0 Å². The molecule has 0 spiro atoms. The molecule has 0 radical (unpaired) electrons. The number of rotatable bonds is 9. The van der Waals surface area contributed by atoms with Crippen LogP contribution >= 0.6 is 0 Å². The van der Waals surface area contributed by atoms with E-state index >= 15 is 0 Å². The van der Waals surface area contributed by atoms with E-state index in [9.17, 15) is 8.42 Å². The van der Waals surface area contributed by atoms with Gasteiger partial charge in [0.15, 0.2) is 0 Å². The monoisotopic (exact) mass is 457 g/mol. The van der Waals surface area contributed by atoms with Gasteiger partial charge in [0.05, 0.1) is 16.3 Å². The Labute approximate surface area is 185 Å². The highest BCUT2D eigenvalue weighted by atomic mass is 32.2. The normalized spacial score (nSPS) is 11.6. The van der Waals surface area contributed by atoms with Gasteiger partial charge in [-0.05, 0) is 55.5 Å². The second-order valence-electron chi connectivity index (χ2n) is 6.57. The molecule has 0 saturated carbocycles. The van der Waals surface area contributed by atoms with Crippen molar-refractivity contribution in [2.75, 3.05) is 41.3 Å². The molecule has 6 N–H and O–H groups in total. The van der Waals surface area contributed by atoms with Gasteiger partial charge in [-0.3, -0.25) is 4.55 Å². The molecule has 1 aromatic heterocycles. The number of nitrogen functional groups attached to an aromatic ring is 2. The maximum Gasteiger partial charge on any atom is 0.294 e. The van der Waals surface area contributed by atoms with E-state index in [2.05, 4.69) is 35.4 Å².